The Kier molecular flexibility index (Phi) is 2.79. The van der Waals surface area contributed by atoms with Crippen LogP contribution in [0.3, 0.4) is 0 Å². The van der Waals surface area contributed by atoms with Crippen LogP contribution in [0, 0.1) is 5.41 Å². The van der Waals surface area contributed by atoms with Gasteiger partial charge in [0, 0.05) is 12.5 Å². The number of carbonyl (C=O) groups is 1. The van der Waals surface area contributed by atoms with Crippen LogP contribution in [0.15, 0.2) is 18.2 Å². The Hall–Kier alpha value is -1.95. The second-order valence-corrected chi connectivity index (χ2v) is 5.84. The molecule has 0 radical (unpaired) electrons. The number of aromatic carboxylic acids is 1. The lowest BCUT2D eigenvalue weighted by molar-refractivity contribution is -0.115. The first-order chi connectivity index (χ1) is 9.45. The lowest BCUT2D eigenvalue weighted by atomic mass is 9.64. The van der Waals surface area contributed by atoms with Crippen molar-refractivity contribution in [2.24, 2.45) is 5.41 Å². The molecular weight excluding hydrogens is 258 g/mol. The van der Waals surface area contributed by atoms with Gasteiger partial charge in [0.2, 0.25) is 0 Å². The Morgan fingerprint density at radius 1 is 1.50 bits per heavy atom. The van der Waals surface area contributed by atoms with Gasteiger partial charge in [0.05, 0.1) is 23.2 Å². The number of hydrogen-bond donors (Lipinski definition) is 1. The van der Waals surface area contributed by atoms with Gasteiger partial charge in [-0.15, -0.1) is 5.10 Å². The number of rotatable bonds is 3. The van der Waals surface area contributed by atoms with Gasteiger partial charge in [0.1, 0.15) is 5.52 Å². The molecule has 1 aromatic heterocycles. The average Bonchev–Trinajstić information content (AvgIpc) is 2.81. The Bertz CT molecular complexity index is 677. The molecule has 0 saturated heterocycles. The molecule has 1 N–H and O–H groups in total. The number of nitrogens with zero attached hydrogens (tertiary/aromatic N) is 3. The fourth-order valence-electron chi connectivity index (χ4n) is 2.98. The molecule has 6 heteroatoms. The lowest BCUT2D eigenvalue weighted by Crippen LogP contribution is -2.51. The molecule has 1 fully saturated rings. The predicted molar refractivity (Wildman–Crippen MR) is 72.7 cm³/mol. The summed E-state index contributed by atoms with van der Waals surface area (Å²) in [6.45, 7) is 4.29. The van der Waals surface area contributed by atoms with Gasteiger partial charge >= 0.3 is 5.97 Å². The highest BCUT2D eigenvalue weighted by molar-refractivity contribution is 5.92. The van der Waals surface area contributed by atoms with E-state index in [1.807, 2.05) is 4.68 Å². The van der Waals surface area contributed by atoms with Crippen molar-refractivity contribution < 1.29 is 14.6 Å². The summed E-state index contributed by atoms with van der Waals surface area (Å²) in [6, 6.07) is 5.13. The summed E-state index contributed by atoms with van der Waals surface area (Å²) in [5.41, 5.74) is 1.69. The molecule has 2 aromatic rings. The molecule has 106 valence electrons. The topological polar surface area (TPSA) is 77.2 Å². The summed E-state index contributed by atoms with van der Waals surface area (Å²) in [6.07, 6.45) is 1.10. The fraction of sp³-hybridized carbons (Fsp3) is 0.500. The zero-order valence-electron chi connectivity index (χ0n) is 11.7. The van der Waals surface area contributed by atoms with E-state index in [1.54, 1.807) is 25.3 Å². The zero-order chi connectivity index (χ0) is 14.5. The number of fused-ring (bicyclic) bond motifs is 1. The first-order valence-corrected chi connectivity index (χ1v) is 6.56. The van der Waals surface area contributed by atoms with E-state index in [-0.39, 0.29) is 23.1 Å². The van der Waals surface area contributed by atoms with Crippen LogP contribution in [0.5, 0.6) is 0 Å². The summed E-state index contributed by atoms with van der Waals surface area (Å²) in [7, 11) is 1.72. The normalized spacial score (nSPS) is 24.6. The number of aromatic nitrogens is 3. The maximum absolute atomic E-state index is 11.0. The van der Waals surface area contributed by atoms with E-state index < -0.39 is 5.97 Å². The summed E-state index contributed by atoms with van der Waals surface area (Å²) in [5, 5.41) is 17.3. The molecule has 3 rings (SSSR count). The minimum Gasteiger partial charge on any atom is -0.478 e. The van der Waals surface area contributed by atoms with Gasteiger partial charge in [-0.05, 0) is 24.6 Å². The van der Waals surface area contributed by atoms with E-state index in [9.17, 15) is 4.79 Å². The molecule has 2 unspecified atom stereocenters. The van der Waals surface area contributed by atoms with Gasteiger partial charge in [-0.3, -0.25) is 0 Å². The quantitative estimate of drug-likeness (QED) is 0.928. The average molecular weight is 275 g/mol. The van der Waals surface area contributed by atoms with Crippen LogP contribution < -0.4 is 0 Å². The first kappa shape index (κ1) is 13.1. The van der Waals surface area contributed by atoms with Gasteiger partial charge in [-0.1, -0.05) is 19.1 Å². The van der Waals surface area contributed by atoms with Crippen LogP contribution in [0.4, 0.5) is 0 Å². The number of methoxy groups -OCH3 is 1. The summed E-state index contributed by atoms with van der Waals surface area (Å²) in [5.74, 6) is -0.954. The van der Waals surface area contributed by atoms with Gasteiger partial charge < -0.3 is 9.84 Å². The Morgan fingerprint density at radius 2 is 2.25 bits per heavy atom. The van der Waals surface area contributed by atoms with E-state index in [0.29, 0.717) is 5.52 Å². The predicted octanol–water partition coefficient (Wildman–Crippen LogP) is 2.12. The van der Waals surface area contributed by atoms with E-state index in [1.165, 1.54) is 0 Å². The number of carboxylic acids is 1. The Balaban J connectivity index is 2.00. The highest BCUT2D eigenvalue weighted by Gasteiger charge is 2.50. The molecular formula is C14H17N3O3. The van der Waals surface area contributed by atoms with Gasteiger partial charge in [0.25, 0.3) is 0 Å². The third kappa shape index (κ3) is 1.71. The fourth-order valence-corrected chi connectivity index (χ4v) is 2.98. The van der Waals surface area contributed by atoms with Crippen LogP contribution in [0.2, 0.25) is 0 Å². The number of carboxylic acid groups (broad SMARTS) is 1. The number of benzene rings is 1. The lowest BCUT2D eigenvalue weighted by Gasteiger charge is -2.50. The maximum Gasteiger partial charge on any atom is 0.335 e. The van der Waals surface area contributed by atoms with Crippen molar-refractivity contribution in [2.45, 2.75) is 32.4 Å². The van der Waals surface area contributed by atoms with E-state index in [4.69, 9.17) is 9.84 Å². The van der Waals surface area contributed by atoms with Crippen molar-refractivity contribution in [1.29, 1.82) is 0 Å². The van der Waals surface area contributed by atoms with Gasteiger partial charge in [-0.25, -0.2) is 9.48 Å². The van der Waals surface area contributed by atoms with Crippen LogP contribution in [-0.2, 0) is 4.74 Å². The molecule has 6 nitrogen and oxygen atoms in total. The monoisotopic (exact) mass is 275 g/mol. The smallest absolute Gasteiger partial charge is 0.335 e. The van der Waals surface area contributed by atoms with Crippen LogP contribution in [0.1, 0.15) is 36.7 Å². The largest absolute Gasteiger partial charge is 0.478 e. The zero-order valence-corrected chi connectivity index (χ0v) is 11.7. The minimum absolute atomic E-state index is 0.0130. The molecule has 2 atom stereocenters. The van der Waals surface area contributed by atoms with Crippen molar-refractivity contribution in [1.82, 2.24) is 15.0 Å². The highest BCUT2D eigenvalue weighted by Crippen LogP contribution is 2.51. The van der Waals surface area contributed by atoms with Crippen molar-refractivity contribution in [2.75, 3.05) is 7.11 Å². The molecule has 1 heterocycles. The SMILES string of the molecule is COC1CC(n2nnc3cc(C(=O)O)ccc32)C1(C)C. The van der Waals surface area contributed by atoms with Crippen LogP contribution in [-0.4, -0.2) is 39.3 Å². The molecule has 0 aliphatic heterocycles. The molecule has 1 saturated carbocycles. The summed E-state index contributed by atoms with van der Waals surface area (Å²) in [4.78, 5) is 11.0. The molecule has 1 aliphatic carbocycles. The third-order valence-electron chi connectivity index (χ3n) is 4.42. The van der Waals surface area contributed by atoms with Crippen molar-refractivity contribution in [3.63, 3.8) is 0 Å². The maximum atomic E-state index is 11.0. The second-order valence-electron chi connectivity index (χ2n) is 5.84. The molecule has 20 heavy (non-hydrogen) atoms. The molecule has 0 spiro atoms. The van der Waals surface area contributed by atoms with Crippen molar-refractivity contribution in [3.8, 4) is 0 Å². The summed E-state index contributed by atoms with van der Waals surface area (Å²) < 4.78 is 7.34. The van der Waals surface area contributed by atoms with E-state index in [0.717, 1.165) is 11.9 Å². The Labute approximate surface area is 116 Å². The van der Waals surface area contributed by atoms with Crippen LogP contribution in [0.25, 0.3) is 11.0 Å². The summed E-state index contributed by atoms with van der Waals surface area (Å²) >= 11 is 0. The van der Waals surface area contributed by atoms with E-state index in [2.05, 4.69) is 24.2 Å². The Morgan fingerprint density at radius 3 is 2.85 bits per heavy atom. The highest BCUT2D eigenvalue weighted by atomic mass is 16.5. The van der Waals surface area contributed by atoms with Crippen molar-refractivity contribution in [3.05, 3.63) is 23.8 Å². The molecule has 1 aliphatic rings. The first-order valence-electron chi connectivity index (χ1n) is 6.56. The van der Waals surface area contributed by atoms with Crippen molar-refractivity contribution >= 4 is 17.0 Å². The molecule has 0 amide bonds. The molecule has 0 bridgehead atoms. The third-order valence-corrected chi connectivity index (χ3v) is 4.42. The minimum atomic E-state index is -0.954. The van der Waals surface area contributed by atoms with Crippen LogP contribution >= 0.6 is 0 Å². The number of hydrogen-bond acceptors (Lipinski definition) is 4. The van der Waals surface area contributed by atoms with Gasteiger partial charge in [-0.2, -0.15) is 0 Å². The second kappa shape index (κ2) is 4.28. The standard InChI is InChI=1S/C14H17N3O3/c1-14(2)11(7-12(14)20-3)17-10-5-4-8(13(18)19)6-9(10)15-16-17/h4-6,11-12H,7H2,1-3H3,(H,18,19). The van der Waals surface area contributed by atoms with Gasteiger partial charge in [0.15, 0.2) is 0 Å². The number of ether oxygens (including phenoxy) is 1. The molecule has 1 aromatic carbocycles. The van der Waals surface area contributed by atoms with E-state index >= 15 is 0 Å².